The van der Waals surface area contributed by atoms with Gasteiger partial charge in [-0.15, -0.1) is 0 Å². The summed E-state index contributed by atoms with van der Waals surface area (Å²) < 4.78 is 6.56. The maximum Gasteiger partial charge on any atom is 0.244 e. The van der Waals surface area contributed by atoms with Gasteiger partial charge in [-0.1, -0.05) is 58.4 Å². The summed E-state index contributed by atoms with van der Waals surface area (Å²) in [5, 5.41) is 3.08. The van der Waals surface area contributed by atoms with E-state index in [1.165, 1.54) is 5.56 Å². The zero-order valence-electron chi connectivity index (χ0n) is 14.1. The third-order valence-corrected chi connectivity index (χ3v) is 5.26. The molecular formula is C21H22BrNO2. The molecule has 1 aliphatic heterocycles. The van der Waals surface area contributed by atoms with Crippen molar-refractivity contribution < 1.29 is 9.53 Å². The minimum Gasteiger partial charge on any atom is -0.381 e. The second-order valence-corrected chi connectivity index (χ2v) is 7.28. The van der Waals surface area contributed by atoms with Gasteiger partial charge in [-0.2, -0.15) is 0 Å². The Balaban J connectivity index is 1.65. The fourth-order valence-electron chi connectivity index (χ4n) is 3.18. The zero-order chi connectivity index (χ0) is 17.5. The minimum absolute atomic E-state index is 0.0411. The predicted molar refractivity (Wildman–Crippen MR) is 104 cm³/mol. The molecule has 1 amide bonds. The molecule has 1 N–H and O–H groups in total. The van der Waals surface area contributed by atoms with Gasteiger partial charge in [0.05, 0.1) is 0 Å². The van der Waals surface area contributed by atoms with Crippen LogP contribution < -0.4 is 5.32 Å². The molecule has 25 heavy (non-hydrogen) atoms. The molecule has 2 aromatic rings. The van der Waals surface area contributed by atoms with Crippen LogP contribution in [0.1, 0.15) is 24.0 Å². The van der Waals surface area contributed by atoms with E-state index in [0.717, 1.165) is 36.1 Å². The molecule has 130 valence electrons. The van der Waals surface area contributed by atoms with Crippen molar-refractivity contribution in [3.8, 4) is 0 Å². The molecule has 2 aromatic carbocycles. The summed E-state index contributed by atoms with van der Waals surface area (Å²) >= 11 is 3.41. The van der Waals surface area contributed by atoms with Gasteiger partial charge >= 0.3 is 0 Å². The van der Waals surface area contributed by atoms with Crippen molar-refractivity contribution in [2.75, 3.05) is 19.8 Å². The number of halogens is 1. The van der Waals surface area contributed by atoms with Gasteiger partial charge in [0, 0.05) is 35.7 Å². The van der Waals surface area contributed by atoms with Crippen LogP contribution in [0.4, 0.5) is 0 Å². The van der Waals surface area contributed by atoms with Crippen molar-refractivity contribution in [2.45, 2.75) is 18.3 Å². The van der Waals surface area contributed by atoms with E-state index in [1.54, 1.807) is 6.08 Å². The lowest BCUT2D eigenvalue weighted by atomic mass is 9.74. The van der Waals surface area contributed by atoms with Gasteiger partial charge in [-0.25, -0.2) is 0 Å². The van der Waals surface area contributed by atoms with Crippen LogP contribution in [-0.2, 0) is 14.9 Å². The molecule has 4 heteroatoms. The van der Waals surface area contributed by atoms with E-state index in [1.807, 2.05) is 36.4 Å². The van der Waals surface area contributed by atoms with Crippen LogP contribution in [-0.4, -0.2) is 25.7 Å². The summed E-state index contributed by atoms with van der Waals surface area (Å²) in [6, 6.07) is 18.3. The van der Waals surface area contributed by atoms with E-state index in [9.17, 15) is 4.79 Å². The number of hydrogen-bond acceptors (Lipinski definition) is 2. The Morgan fingerprint density at radius 2 is 1.76 bits per heavy atom. The summed E-state index contributed by atoms with van der Waals surface area (Å²) in [5.74, 6) is -0.0651. The van der Waals surface area contributed by atoms with Gasteiger partial charge in [-0.05, 0) is 42.2 Å². The number of benzene rings is 2. The number of amides is 1. The molecule has 0 spiro atoms. The molecular weight excluding hydrogens is 378 g/mol. The third-order valence-electron chi connectivity index (χ3n) is 4.73. The van der Waals surface area contributed by atoms with Crippen molar-refractivity contribution in [1.29, 1.82) is 0 Å². The minimum atomic E-state index is -0.0651. The van der Waals surface area contributed by atoms with Gasteiger partial charge in [-0.3, -0.25) is 4.79 Å². The fourth-order valence-corrected chi connectivity index (χ4v) is 3.45. The average molecular weight is 400 g/mol. The van der Waals surface area contributed by atoms with E-state index in [2.05, 4.69) is 45.5 Å². The normalized spacial score (nSPS) is 16.7. The lowest BCUT2D eigenvalue weighted by Gasteiger charge is -2.37. The van der Waals surface area contributed by atoms with Gasteiger partial charge in [0.25, 0.3) is 0 Å². The molecule has 1 heterocycles. The Morgan fingerprint density at radius 3 is 2.44 bits per heavy atom. The Bertz CT molecular complexity index is 719. The predicted octanol–water partition coefficient (Wildman–Crippen LogP) is 4.33. The molecule has 1 aliphatic rings. The summed E-state index contributed by atoms with van der Waals surface area (Å²) in [6.07, 6.45) is 5.28. The van der Waals surface area contributed by atoms with Crippen molar-refractivity contribution in [3.05, 3.63) is 76.3 Å². The number of carbonyl (C=O) groups is 1. The molecule has 1 saturated heterocycles. The first kappa shape index (κ1) is 17.9. The van der Waals surface area contributed by atoms with Gasteiger partial charge in [0.15, 0.2) is 0 Å². The van der Waals surface area contributed by atoms with Crippen LogP contribution in [0.3, 0.4) is 0 Å². The molecule has 0 saturated carbocycles. The fraction of sp³-hybridized carbons (Fsp3) is 0.286. The number of carbonyl (C=O) groups excluding carboxylic acids is 1. The lowest BCUT2D eigenvalue weighted by molar-refractivity contribution is -0.116. The van der Waals surface area contributed by atoms with Gasteiger partial charge < -0.3 is 10.1 Å². The summed E-state index contributed by atoms with van der Waals surface area (Å²) in [5.41, 5.74) is 2.23. The molecule has 0 atom stereocenters. The van der Waals surface area contributed by atoms with Gasteiger partial charge in [0.2, 0.25) is 5.91 Å². The highest BCUT2D eigenvalue weighted by atomic mass is 79.9. The SMILES string of the molecule is O=C(/C=C/c1ccc(Br)cc1)NCC1(c2ccccc2)CCOCC1. The Labute approximate surface area is 157 Å². The van der Waals surface area contributed by atoms with E-state index in [0.29, 0.717) is 6.54 Å². The largest absolute Gasteiger partial charge is 0.381 e. The van der Waals surface area contributed by atoms with E-state index < -0.39 is 0 Å². The first-order valence-electron chi connectivity index (χ1n) is 8.53. The third kappa shape index (κ3) is 4.80. The first-order chi connectivity index (χ1) is 12.2. The molecule has 0 aliphatic carbocycles. The van der Waals surface area contributed by atoms with Crippen LogP contribution in [0.5, 0.6) is 0 Å². The monoisotopic (exact) mass is 399 g/mol. The topological polar surface area (TPSA) is 38.3 Å². The van der Waals surface area contributed by atoms with Gasteiger partial charge in [0.1, 0.15) is 0 Å². The number of hydrogen-bond donors (Lipinski definition) is 1. The van der Waals surface area contributed by atoms with Crippen molar-refractivity contribution >= 4 is 27.9 Å². The van der Waals surface area contributed by atoms with Crippen molar-refractivity contribution in [1.82, 2.24) is 5.32 Å². The number of ether oxygens (including phenoxy) is 1. The molecule has 0 unspecified atom stereocenters. The maximum absolute atomic E-state index is 12.3. The van der Waals surface area contributed by atoms with E-state index >= 15 is 0 Å². The molecule has 3 nitrogen and oxygen atoms in total. The second kappa shape index (κ2) is 8.45. The van der Waals surface area contributed by atoms with Crippen molar-refractivity contribution in [3.63, 3.8) is 0 Å². The van der Waals surface area contributed by atoms with Crippen LogP contribution >= 0.6 is 15.9 Å². The molecule has 3 rings (SSSR count). The van der Waals surface area contributed by atoms with E-state index in [-0.39, 0.29) is 11.3 Å². The van der Waals surface area contributed by atoms with Crippen LogP contribution in [0.25, 0.3) is 6.08 Å². The number of rotatable bonds is 5. The lowest BCUT2D eigenvalue weighted by Crippen LogP contribution is -2.44. The molecule has 0 radical (unpaired) electrons. The highest BCUT2D eigenvalue weighted by Gasteiger charge is 2.34. The second-order valence-electron chi connectivity index (χ2n) is 6.36. The maximum atomic E-state index is 12.3. The Morgan fingerprint density at radius 1 is 1.08 bits per heavy atom. The van der Waals surface area contributed by atoms with Crippen LogP contribution in [0, 0.1) is 0 Å². The smallest absolute Gasteiger partial charge is 0.244 e. The zero-order valence-corrected chi connectivity index (χ0v) is 15.7. The average Bonchev–Trinajstić information content (AvgIpc) is 2.67. The Kier molecular flexibility index (Phi) is 6.05. The van der Waals surface area contributed by atoms with E-state index in [4.69, 9.17) is 4.74 Å². The standard InChI is InChI=1S/C21H22BrNO2/c22-19-9-6-17(7-10-19)8-11-20(24)23-16-21(12-14-25-15-13-21)18-4-2-1-3-5-18/h1-11H,12-16H2,(H,23,24)/b11-8+. The quantitative estimate of drug-likeness (QED) is 0.759. The molecule has 0 aromatic heterocycles. The summed E-state index contributed by atoms with van der Waals surface area (Å²) in [7, 11) is 0. The summed E-state index contributed by atoms with van der Waals surface area (Å²) in [4.78, 5) is 12.3. The highest BCUT2D eigenvalue weighted by molar-refractivity contribution is 9.10. The van der Waals surface area contributed by atoms with Crippen LogP contribution in [0.2, 0.25) is 0 Å². The molecule has 0 bridgehead atoms. The highest BCUT2D eigenvalue weighted by Crippen LogP contribution is 2.34. The Hall–Kier alpha value is -1.91. The molecule has 1 fully saturated rings. The van der Waals surface area contributed by atoms with Crippen LogP contribution in [0.15, 0.2) is 65.1 Å². The first-order valence-corrected chi connectivity index (χ1v) is 9.32. The summed E-state index contributed by atoms with van der Waals surface area (Å²) in [6.45, 7) is 2.10. The van der Waals surface area contributed by atoms with Crippen molar-refractivity contribution in [2.24, 2.45) is 0 Å². The number of nitrogens with one attached hydrogen (secondary N) is 1.